The lowest BCUT2D eigenvalue weighted by atomic mass is 9.75. The van der Waals surface area contributed by atoms with E-state index in [1.165, 1.54) is 0 Å². The minimum atomic E-state index is -0.291. The van der Waals surface area contributed by atoms with Gasteiger partial charge in [0.1, 0.15) is 0 Å². The van der Waals surface area contributed by atoms with Crippen molar-refractivity contribution < 1.29 is 14.6 Å². The number of methoxy groups -OCH3 is 1. The van der Waals surface area contributed by atoms with Crippen LogP contribution in [0, 0.1) is 19.8 Å². The average Bonchev–Trinajstić information content (AvgIpc) is 2.56. The fraction of sp³-hybridized carbons (Fsp3) is 0.421. The number of aromatic nitrogens is 2. The van der Waals surface area contributed by atoms with E-state index < -0.39 is 0 Å². The molecule has 0 saturated heterocycles. The van der Waals surface area contributed by atoms with E-state index in [0.29, 0.717) is 24.3 Å². The van der Waals surface area contributed by atoms with Gasteiger partial charge in [-0.1, -0.05) is 6.07 Å². The van der Waals surface area contributed by atoms with E-state index in [0.717, 1.165) is 17.0 Å². The summed E-state index contributed by atoms with van der Waals surface area (Å²) >= 11 is 0. The van der Waals surface area contributed by atoms with Crippen LogP contribution < -0.4 is 10.1 Å². The molecule has 0 aromatic carbocycles. The molecule has 6 heteroatoms. The summed E-state index contributed by atoms with van der Waals surface area (Å²) in [6, 6.07) is 7.06. The van der Waals surface area contributed by atoms with Crippen molar-refractivity contribution in [3.05, 3.63) is 53.0 Å². The molecular weight excluding hydrogens is 318 g/mol. The molecule has 2 heterocycles. The van der Waals surface area contributed by atoms with E-state index in [1.807, 2.05) is 19.9 Å². The number of pyridine rings is 2. The molecule has 2 aromatic rings. The molecule has 132 valence electrons. The molecule has 1 saturated carbocycles. The maximum Gasteiger partial charge on any atom is 0.251 e. The Morgan fingerprint density at radius 1 is 1.28 bits per heavy atom. The van der Waals surface area contributed by atoms with E-state index in [9.17, 15) is 9.90 Å². The van der Waals surface area contributed by atoms with Crippen LogP contribution in [-0.4, -0.2) is 34.2 Å². The monoisotopic (exact) mass is 341 g/mol. The summed E-state index contributed by atoms with van der Waals surface area (Å²) < 4.78 is 5.10. The molecule has 1 amide bonds. The quantitative estimate of drug-likeness (QED) is 0.872. The van der Waals surface area contributed by atoms with Gasteiger partial charge in [-0.25, -0.2) is 4.98 Å². The number of ether oxygens (including phenoxy) is 1. The molecule has 1 fully saturated rings. The molecule has 2 aromatic heterocycles. The zero-order valence-electron chi connectivity index (χ0n) is 14.7. The lowest BCUT2D eigenvalue weighted by Crippen LogP contribution is -2.41. The Balaban J connectivity index is 1.82. The van der Waals surface area contributed by atoms with E-state index in [4.69, 9.17) is 4.74 Å². The average molecular weight is 341 g/mol. The summed E-state index contributed by atoms with van der Waals surface area (Å²) in [5.41, 5.74) is 3.13. The lowest BCUT2D eigenvalue weighted by molar-refractivity contribution is 0.0234. The van der Waals surface area contributed by atoms with Crippen LogP contribution in [0.2, 0.25) is 0 Å². The third-order valence-electron chi connectivity index (χ3n) is 4.58. The van der Waals surface area contributed by atoms with Gasteiger partial charge in [0, 0.05) is 29.2 Å². The maximum absolute atomic E-state index is 12.7. The molecule has 0 unspecified atom stereocenters. The second-order valence-electron chi connectivity index (χ2n) is 6.61. The number of aryl methyl sites for hydroxylation is 2. The van der Waals surface area contributed by atoms with E-state index >= 15 is 0 Å². The number of aliphatic hydroxyl groups is 1. The highest BCUT2D eigenvalue weighted by Crippen LogP contribution is 2.38. The lowest BCUT2D eigenvalue weighted by Gasteiger charge is -2.38. The first-order chi connectivity index (χ1) is 12.0. The summed E-state index contributed by atoms with van der Waals surface area (Å²) in [5, 5.41) is 12.8. The number of carbonyl (C=O) groups excluding carboxylic acids is 1. The van der Waals surface area contributed by atoms with Gasteiger partial charge in [0.2, 0.25) is 5.88 Å². The molecule has 2 N–H and O–H groups in total. The number of aliphatic hydroxyl groups excluding tert-OH is 1. The predicted octanol–water partition coefficient (Wildman–Crippen LogP) is 2.34. The molecule has 0 aliphatic heterocycles. The molecule has 25 heavy (non-hydrogen) atoms. The third kappa shape index (κ3) is 3.96. The van der Waals surface area contributed by atoms with Gasteiger partial charge < -0.3 is 15.2 Å². The highest BCUT2D eigenvalue weighted by Gasteiger charge is 2.36. The number of hydrogen-bond acceptors (Lipinski definition) is 5. The predicted molar refractivity (Wildman–Crippen MR) is 93.4 cm³/mol. The molecule has 1 aliphatic carbocycles. The number of amides is 1. The van der Waals surface area contributed by atoms with Crippen molar-refractivity contribution in [2.75, 3.05) is 7.11 Å². The van der Waals surface area contributed by atoms with Crippen molar-refractivity contribution >= 4 is 5.91 Å². The standard InChI is InChI=1S/C19H23N3O3/c1-11-6-15(7-12(2)21-11)19(24)22-18(14-8-16(23)9-14)13-4-5-17(25-3)20-10-13/h4-7,10,14,16,18,23H,8-9H2,1-3H3,(H,22,24)/t14?,16?,18-/m1/s1. The highest BCUT2D eigenvalue weighted by atomic mass is 16.5. The fourth-order valence-electron chi connectivity index (χ4n) is 3.26. The Labute approximate surface area is 147 Å². The number of nitrogens with zero attached hydrogens (tertiary/aromatic N) is 2. The van der Waals surface area contributed by atoms with Crippen LogP contribution in [0.3, 0.4) is 0 Å². The van der Waals surface area contributed by atoms with Crippen LogP contribution in [0.1, 0.15) is 46.2 Å². The van der Waals surface area contributed by atoms with Crippen molar-refractivity contribution in [3.63, 3.8) is 0 Å². The van der Waals surface area contributed by atoms with E-state index in [2.05, 4.69) is 15.3 Å². The molecule has 0 spiro atoms. The Bertz CT molecular complexity index is 735. The first kappa shape index (κ1) is 17.4. The zero-order valence-corrected chi connectivity index (χ0v) is 14.7. The van der Waals surface area contributed by atoms with Crippen LogP contribution in [0.4, 0.5) is 0 Å². The van der Waals surface area contributed by atoms with Gasteiger partial charge in [-0.05, 0) is 50.3 Å². The van der Waals surface area contributed by atoms with Gasteiger partial charge in [-0.3, -0.25) is 9.78 Å². The number of hydrogen-bond donors (Lipinski definition) is 2. The normalized spacial score (nSPS) is 20.5. The van der Waals surface area contributed by atoms with Crippen molar-refractivity contribution in [1.29, 1.82) is 0 Å². The summed E-state index contributed by atoms with van der Waals surface area (Å²) in [6.07, 6.45) is 2.77. The van der Waals surface area contributed by atoms with Crippen molar-refractivity contribution in [2.45, 2.75) is 38.8 Å². The Morgan fingerprint density at radius 3 is 2.48 bits per heavy atom. The van der Waals surface area contributed by atoms with E-state index in [1.54, 1.807) is 31.5 Å². The minimum absolute atomic E-state index is 0.143. The first-order valence-corrected chi connectivity index (χ1v) is 8.40. The minimum Gasteiger partial charge on any atom is -0.481 e. The first-order valence-electron chi connectivity index (χ1n) is 8.40. The van der Waals surface area contributed by atoms with E-state index in [-0.39, 0.29) is 24.0 Å². The zero-order chi connectivity index (χ0) is 18.0. The number of rotatable bonds is 5. The number of nitrogens with one attached hydrogen (secondary N) is 1. The van der Waals surface area contributed by atoms with Crippen LogP contribution in [0.25, 0.3) is 0 Å². The molecular formula is C19H23N3O3. The summed E-state index contributed by atoms with van der Waals surface area (Å²) in [5.74, 6) is 0.580. The SMILES string of the molecule is COc1ccc([C@@H](NC(=O)c2cc(C)nc(C)c2)C2CC(O)C2)cn1. The molecule has 0 bridgehead atoms. The fourth-order valence-corrected chi connectivity index (χ4v) is 3.26. The molecule has 0 radical (unpaired) electrons. The summed E-state index contributed by atoms with van der Waals surface area (Å²) in [6.45, 7) is 3.74. The van der Waals surface area contributed by atoms with Gasteiger partial charge in [-0.15, -0.1) is 0 Å². The molecule has 3 rings (SSSR count). The largest absolute Gasteiger partial charge is 0.481 e. The maximum atomic E-state index is 12.7. The van der Waals surface area contributed by atoms with Gasteiger partial charge in [0.25, 0.3) is 5.91 Å². The van der Waals surface area contributed by atoms with Crippen LogP contribution in [0.15, 0.2) is 30.5 Å². The van der Waals surface area contributed by atoms with Crippen LogP contribution in [0.5, 0.6) is 5.88 Å². The van der Waals surface area contributed by atoms with Gasteiger partial charge >= 0.3 is 0 Å². The molecule has 6 nitrogen and oxygen atoms in total. The van der Waals surface area contributed by atoms with Crippen molar-refractivity contribution in [1.82, 2.24) is 15.3 Å². The van der Waals surface area contributed by atoms with Gasteiger partial charge in [0.15, 0.2) is 0 Å². The third-order valence-corrected chi connectivity index (χ3v) is 4.58. The van der Waals surface area contributed by atoms with Crippen LogP contribution in [-0.2, 0) is 0 Å². The highest BCUT2D eigenvalue weighted by molar-refractivity contribution is 5.94. The smallest absolute Gasteiger partial charge is 0.251 e. The topological polar surface area (TPSA) is 84.3 Å². The molecule has 1 aliphatic rings. The van der Waals surface area contributed by atoms with Crippen molar-refractivity contribution in [2.24, 2.45) is 5.92 Å². The summed E-state index contributed by atoms with van der Waals surface area (Å²) in [4.78, 5) is 21.3. The van der Waals surface area contributed by atoms with Gasteiger partial charge in [-0.2, -0.15) is 0 Å². The summed E-state index contributed by atoms with van der Waals surface area (Å²) in [7, 11) is 1.57. The van der Waals surface area contributed by atoms with Gasteiger partial charge in [0.05, 0.1) is 19.3 Å². The second kappa shape index (κ2) is 7.19. The number of carbonyl (C=O) groups is 1. The Kier molecular flexibility index (Phi) is 4.99. The van der Waals surface area contributed by atoms with Crippen LogP contribution >= 0.6 is 0 Å². The molecule has 1 atom stereocenters. The van der Waals surface area contributed by atoms with Crippen molar-refractivity contribution in [3.8, 4) is 5.88 Å². The Hall–Kier alpha value is -2.47. The Morgan fingerprint density at radius 2 is 1.96 bits per heavy atom. The second-order valence-corrected chi connectivity index (χ2v) is 6.61.